The Bertz CT molecular complexity index is 554. The standard InChI is InChI=1S/C19H25NO/c1-12-3-4-17(18(5-12)20-13(2)21)19-9-14-6-15(10-19)8-16(7-14)11-19/h3-5,14-16H,6-11H2,1-2H3,(H,20,21). The van der Waals surface area contributed by atoms with Gasteiger partial charge in [0.2, 0.25) is 5.91 Å². The molecule has 0 unspecified atom stereocenters. The molecule has 0 aromatic heterocycles. The van der Waals surface area contributed by atoms with Crippen LogP contribution in [-0.4, -0.2) is 5.91 Å². The van der Waals surface area contributed by atoms with E-state index in [9.17, 15) is 4.79 Å². The van der Waals surface area contributed by atoms with Gasteiger partial charge in [-0.1, -0.05) is 12.1 Å². The van der Waals surface area contributed by atoms with Crippen molar-refractivity contribution in [2.75, 3.05) is 5.32 Å². The van der Waals surface area contributed by atoms with E-state index in [1.165, 1.54) is 49.7 Å². The van der Waals surface area contributed by atoms with Crippen molar-refractivity contribution in [3.8, 4) is 0 Å². The molecule has 112 valence electrons. The number of amides is 1. The maximum atomic E-state index is 11.6. The summed E-state index contributed by atoms with van der Waals surface area (Å²) in [6, 6.07) is 6.68. The van der Waals surface area contributed by atoms with Crippen LogP contribution in [0.15, 0.2) is 18.2 Å². The Morgan fingerprint density at radius 3 is 2.19 bits per heavy atom. The molecule has 0 atom stereocenters. The smallest absolute Gasteiger partial charge is 0.221 e. The summed E-state index contributed by atoms with van der Waals surface area (Å²) in [5, 5.41) is 3.10. The van der Waals surface area contributed by atoms with Crippen LogP contribution in [0.25, 0.3) is 0 Å². The van der Waals surface area contributed by atoms with E-state index < -0.39 is 0 Å². The molecule has 1 aromatic carbocycles. The first-order valence-electron chi connectivity index (χ1n) is 8.43. The quantitative estimate of drug-likeness (QED) is 0.855. The van der Waals surface area contributed by atoms with Gasteiger partial charge in [-0.2, -0.15) is 0 Å². The number of hydrogen-bond acceptors (Lipinski definition) is 1. The molecule has 0 saturated heterocycles. The second-order valence-corrected chi connectivity index (χ2v) is 7.93. The molecule has 0 radical (unpaired) electrons. The lowest BCUT2D eigenvalue weighted by Gasteiger charge is -2.57. The fourth-order valence-corrected chi connectivity index (χ4v) is 5.85. The number of anilines is 1. The van der Waals surface area contributed by atoms with Crippen LogP contribution in [0.2, 0.25) is 0 Å². The van der Waals surface area contributed by atoms with Crippen LogP contribution in [0.5, 0.6) is 0 Å². The van der Waals surface area contributed by atoms with Crippen molar-refractivity contribution in [2.24, 2.45) is 17.8 Å². The van der Waals surface area contributed by atoms with Gasteiger partial charge >= 0.3 is 0 Å². The molecule has 4 fully saturated rings. The summed E-state index contributed by atoms with van der Waals surface area (Å²) in [6.07, 6.45) is 8.40. The van der Waals surface area contributed by atoms with Crippen LogP contribution in [-0.2, 0) is 10.2 Å². The van der Waals surface area contributed by atoms with Gasteiger partial charge in [0.1, 0.15) is 0 Å². The zero-order valence-corrected chi connectivity index (χ0v) is 13.1. The lowest BCUT2D eigenvalue weighted by molar-refractivity contribution is -0.114. The van der Waals surface area contributed by atoms with Crippen LogP contribution in [0, 0.1) is 24.7 Å². The van der Waals surface area contributed by atoms with Crippen LogP contribution in [0.4, 0.5) is 5.69 Å². The topological polar surface area (TPSA) is 29.1 Å². The number of rotatable bonds is 2. The van der Waals surface area contributed by atoms with Crippen molar-refractivity contribution < 1.29 is 4.79 Å². The van der Waals surface area contributed by atoms with Gasteiger partial charge in [0.05, 0.1) is 0 Å². The van der Waals surface area contributed by atoms with E-state index in [1.54, 1.807) is 6.92 Å². The van der Waals surface area contributed by atoms with Crippen LogP contribution in [0.1, 0.15) is 56.6 Å². The first-order chi connectivity index (χ1) is 10.0. The average Bonchev–Trinajstić information content (AvgIpc) is 2.35. The Kier molecular flexibility index (Phi) is 2.92. The third-order valence-electron chi connectivity index (χ3n) is 6.10. The van der Waals surface area contributed by atoms with E-state index in [0.717, 1.165) is 23.4 Å². The molecule has 2 nitrogen and oxygen atoms in total. The van der Waals surface area contributed by atoms with Crippen molar-refractivity contribution >= 4 is 11.6 Å². The Balaban J connectivity index is 1.77. The summed E-state index contributed by atoms with van der Waals surface area (Å²) in [5.41, 5.74) is 4.07. The number of hydrogen-bond donors (Lipinski definition) is 1. The summed E-state index contributed by atoms with van der Waals surface area (Å²) < 4.78 is 0. The maximum Gasteiger partial charge on any atom is 0.221 e. The van der Waals surface area contributed by atoms with Gasteiger partial charge in [-0.15, -0.1) is 0 Å². The largest absolute Gasteiger partial charge is 0.326 e. The van der Waals surface area contributed by atoms with Crippen LogP contribution < -0.4 is 5.32 Å². The van der Waals surface area contributed by atoms with Gasteiger partial charge in [0.25, 0.3) is 0 Å². The number of carbonyl (C=O) groups is 1. The van der Waals surface area contributed by atoms with E-state index in [0.29, 0.717) is 5.41 Å². The summed E-state index contributed by atoms with van der Waals surface area (Å²) >= 11 is 0. The van der Waals surface area contributed by atoms with Gasteiger partial charge < -0.3 is 5.32 Å². The predicted molar refractivity (Wildman–Crippen MR) is 85.3 cm³/mol. The first-order valence-corrected chi connectivity index (χ1v) is 8.43. The normalized spacial score (nSPS) is 36.8. The van der Waals surface area contributed by atoms with Crippen molar-refractivity contribution in [2.45, 2.75) is 57.8 Å². The zero-order valence-electron chi connectivity index (χ0n) is 13.1. The lowest BCUT2D eigenvalue weighted by atomic mass is 9.48. The minimum atomic E-state index is 0.0478. The molecule has 0 heterocycles. The molecule has 4 aliphatic rings. The molecule has 0 aliphatic heterocycles. The van der Waals surface area contributed by atoms with Gasteiger partial charge in [-0.25, -0.2) is 0 Å². The van der Waals surface area contributed by atoms with Crippen LogP contribution >= 0.6 is 0 Å². The number of nitrogens with one attached hydrogen (secondary N) is 1. The van der Waals surface area contributed by atoms with Gasteiger partial charge in [0.15, 0.2) is 0 Å². The summed E-state index contributed by atoms with van der Waals surface area (Å²) in [7, 11) is 0. The van der Waals surface area contributed by atoms with Gasteiger partial charge in [-0.3, -0.25) is 4.79 Å². The van der Waals surface area contributed by atoms with Gasteiger partial charge in [-0.05, 0) is 85.8 Å². The fourth-order valence-electron chi connectivity index (χ4n) is 5.85. The molecule has 1 N–H and O–H groups in total. The molecule has 1 aromatic rings. The monoisotopic (exact) mass is 283 g/mol. The Morgan fingerprint density at radius 1 is 1.10 bits per heavy atom. The van der Waals surface area contributed by atoms with E-state index in [2.05, 4.69) is 30.4 Å². The molecule has 4 aliphatic carbocycles. The molecule has 4 saturated carbocycles. The van der Waals surface area contributed by atoms with Crippen molar-refractivity contribution in [3.05, 3.63) is 29.3 Å². The first kappa shape index (κ1) is 13.4. The fraction of sp³-hybridized carbons (Fsp3) is 0.632. The number of benzene rings is 1. The van der Waals surface area contributed by atoms with Crippen molar-refractivity contribution in [1.29, 1.82) is 0 Å². The Labute approximate surface area is 127 Å². The Hall–Kier alpha value is -1.31. The highest BCUT2D eigenvalue weighted by Crippen LogP contribution is 2.61. The minimum Gasteiger partial charge on any atom is -0.326 e. The van der Waals surface area contributed by atoms with E-state index in [1.807, 2.05) is 0 Å². The van der Waals surface area contributed by atoms with E-state index in [-0.39, 0.29) is 5.91 Å². The average molecular weight is 283 g/mol. The molecule has 2 heteroatoms. The molecular formula is C19H25NO. The predicted octanol–water partition coefficient (Wildman–Crippen LogP) is 4.42. The maximum absolute atomic E-state index is 11.6. The van der Waals surface area contributed by atoms with Crippen LogP contribution in [0.3, 0.4) is 0 Å². The molecule has 0 spiro atoms. The van der Waals surface area contributed by atoms with Crippen molar-refractivity contribution in [1.82, 2.24) is 0 Å². The minimum absolute atomic E-state index is 0.0478. The molecule has 1 amide bonds. The summed E-state index contributed by atoms with van der Waals surface area (Å²) in [6.45, 7) is 3.72. The van der Waals surface area contributed by atoms with E-state index >= 15 is 0 Å². The summed E-state index contributed by atoms with van der Waals surface area (Å²) in [4.78, 5) is 11.6. The molecule has 5 rings (SSSR count). The zero-order chi connectivity index (χ0) is 14.6. The highest BCUT2D eigenvalue weighted by molar-refractivity contribution is 5.90. The van der Waals surface area contributed by atoms with Gasteiger partial charge in [0, 0.05) is 12.6 Å². The molecule has 4 bridgehead atoms. The lowest BCUT2D eigenvalue weighted by Crippen LogP contribution is -2.48. The van der Waals surface area contributed by atoms with Crippen molar-refractivity contribution in [3.63, 3.8) is 0 Å². The van der Waals surface area contributed by atoms with E-state index in [4.69, 9.17) is 0 Å². The SMILES string of the molecule is CC(=O)Nc1cc(C)ccc1C12CC3CC(CC(C3)C1)C2. The highest BCUT2D eigenvalue weighted by atomic mass is 16.1. The second-order valence-electron chi connectivity index (χ2n) is 7.93. The Morgan fingerprint density at radius 2 is 1.67 bits per heavy atom. The number of aryl methyl sites for hydroxylation is 1. The third-order valence-corrected chi connectivity index (χ3v) is 6.10. The number of carbonyl (C=O) groups excluding carboxylic acids is 1. The molecule has 21 heavy (non-hydrogen) atoms. The second kappa shape index (κ2) is 4.59. The molecular weight excluding hydrogens is 258 g/mol. The highest BCUT2D eigenvalue weighted by Gasteiger charge is 2.52. The third kappa shape index (κ3) is 2.20. The summed E-state index contributed by atoms with van der Waals surface area (Å²) in [5.74, 6) is 2.85.